The van der Waals surface area contributed by atoms with Gasteiger partial charge in [-0.2, -0.15) is 0 Å². The van der Waals surface area contributed by atoms with Crippen LogP contribution in [0.1, 0.15) is 39.7 Å². The number of benzene rings is 1. The fourth-order valence-electron chi connectivity index (χ4n) is 2.87. The quantitative estimate of drug-likeness (QED) is 0.821. The molecule has 1 aromatic rings. The van der Waals surface area contributed by atoms with E-state index in [0.29, 0.717) is 5.46 Å². The molecule has 5 heteroatoms. The highest BCUT2D eigenvalue weighted by molar-refractivity contribution is 6.59. The van der Waals surface area contributed by atoms with Gasteiger partial charge in [-0.1, -0.05) is 6.07 Å². The average Bonchev–Trinajstić information content (AvgIpc) is 2.45. The molecule has 1 aromatic carbocycles. The van der Waals surface area contributed by atoms with Crippen molar-refractivity contribution in [2.45, 2.75) is 58.3 Å². The van der Waals surface area contributed by atoms with Crippen LogP contribution >= 0.6 is 0 Å². The number of hydrogen-bond acceptors (Lipinski definition) is 4. The summed E-state index contributed by atoms with van der Waals surface area (Å²) >= 11 is 0. The summed E-state index contributed by atoms with van der Waals surface area (Å²) in [7, 11) is -1.45. The number of aryl methyl sites for hydroxylation is 1. The molecule has 0 aliphatic carbocycles. The fraction of sp³-hybridized carbons (Fsp3) is 0.600. The molecule has 0 amide bonds. The maximum Gasteiger partial charge on any atom is 0.488 e. The van der Waals surface area contributed by atoms with E-state index in [-0.39, 0.29) is 17.3 Å². The molecule has 0 bridgehead atoms. The van der Waals surface area contributed by atoms with E-state index in [9.17, 15) is 10.0 Å². The summed E-state index contributed by atoms with van der Waals surface area (Å²) in [5.74, 6) is 0.728. The molecule has 2 N–H and O–H groups in total. The third-order valence-corrected chi connectivity index (χ3v) is 3.79. The molecular formula is C15H23BO4. The fourth-order valence-corrected chi connectivity index (χ4v) is 2.87. The minimum Gasteiger partial charge on any atom is -0.487 e. The van der Waals surface area contributed by atoms with Gasteiger partial charge in [-0.25, -0.2) is 0 Å². The highest BCUT2D eigenvalue weighted by Gasteiger charge is 2.47. The Morgan fingerprint density at radius 1 is 1.25 bits per heavy atom. The van der Waals surface area contributed by atoms with Crippen molar-refractivity contribution in [3.05, 3.63) is 23.8 Å². The van der Waals surface area contributed by atoms with Crippen LogP contribution < -0.4 is 10.2 Å². The minimum absolute atomic E-state index is 0.0261. The van der Waals surface area contributed by atoms with E-state index in [0.717, 1.165) is 17.7 Å². The van der Waals surface area contributed by atoms with Gasteiger partial charge in [-0.15, -0.1) is 0 Å². The lowest BCUT2D eigenvalue weighted by atomic mass is 9.77. The third kappa shape index (κ3) is 3.16. The summed E-state index contributed by atoms with van der Waals surface area (Å²) in [5, 5.41) is 18.5. The van der Waals surface area contributed by atoms with Gasteiger partial charge in [0.15, 0.2) is 0 Å². The van der Waals surface area contributed by atoms with Gasteiger partial charge in [0.2, 0.25) is 0 Å². The molecule has 1 heterocycles. The zero-order valence-electron chi connectivity index (χ0n) is 12.8. The van der Waals surface area contributed by atoms with Crippen LogP contribution in [0.3, 0.4) is 0 Å². The van der Waals surface area contributed by atoms with Gasteiger partial charge in [-0.3, -0.25) is 0 Å². The van der Waals surface area contributed by atoms with Gasteiger partial charge >= 0.3 is 7.12 Å². The molecule has 0 saturated carbocycles. The van der Waals surface area contributed by atoms with E-state index in [1.165, 1.54) is 0 Å². The molecule has 1 saturated heterocycles. The van der Waals surface area contributed by atoms with Gasteiger partial charge < -0.3 is 19.5 Å². The van der Waals surface area contributed by atoms with Crippen molar-refractivity contribution in [3.8, 4) is 5.75 Å². The van der Waals surface area contributed by atoms with E-state index in [4.69, 9.17) is 9.47 Å². The molecule has 1 aliphatic heterocycles. The number of ether oxygens (including phenoxy) is 2. The number of rotatable bonds is 3. The first kappa shape index (κ1) is 15.4. The first-order valence-corrected chi connectivity index (χ1v) is 6.94. The van der Waals surface area contributed by atoms with Gasteiger partial charge in [-0.05, 0) is 57.8 Å². The SMILES string of the molecule is Cc1cc(OC2CC(C)(C)OC2(C)C)ccc1B(O)O. The zero-order valence-corrected chi connectivity index (χ0v) is 12.8. The van der Waals surface area contributed by atoms with Crippen molar-refractivity contribution in [1.82, 2.24) is 0 Å². The molecule has 2 rings (SSSR count). The first-order valence-electron chi connectivity index (χ1n) is 6.94. The van der Waals surface area contributed by atoms with E-state index in [1.54, 1.807) is 12.1 Å². The smallest absolute Gasteiger partial charge is 0.487 e. The Bertz CT molecular complexity index is 497. The van der Waals surface area contributed by atoms with Crippen LogP contribution in [0.25, 0.3) is 0 Å². The Morgan fingerprint density at radius 3 is 2.35 bits per heavy atom. The van der Waals surface area contributed by atoms with Crippen LogP contribution in [-0.4, -0.2) is 34.5 Å². The van der Waals surface area contributed by atoms with Crippen LogP contribution in [0.4, 0.5) is 0 Å². The van der Waals surface area contributed by atoms with Gasteiger partial charge in [0, 0.05) is 6.42 Å². The Hall–Kier alpha value is -1.04. The molecule has 1 unspecified atom stereocenters. The lowest BCUT2D eigenvalue weighted by Crippen LogP contribution is -2.37. The summed E-state index contributed by atoms with van der Waals surface area (Å²) in [6.45, 7) is 10.0. The van der Waals surface area contributed by atoms with Crippen molar-refractivity contribution < 1.29 is 19.5 Å². The average molecular weight is 278 g/mol. The van der Waals surface area contributed by atoms with E-state index in [2.05, 4.69) is 13.8 Å². The molecule has 1 atom stereocenters. The van der Waals surface area contributed by atoms with Gasteiger partial charge in [0.25, 0.3) is 0 Å². The monoisotopic (exact) mass is 278 g/mol. The maximum atomic E-state index is 9.23. The highest BCUT2D eigenvalue weighted by Crippen LogP contribution is 2.39. The summed E-state index contributed by atoms with van der Waals surface area (Å²) in [5.41, 5.74) is 0.768. The Labute approximate surface area is 120 Å². The van der Waals surface area contributed by atoms with E-state index < -0.39 is 7.12 Å². The van der Waals surface area contributed by atoms with Crippen molar-refractivity contribution >= 4 is 12.6 Å². The summed E-state index contributed by atoms with van der Waals surface area (Å²) in [6.07, 6.45) is 0.797. The second-order valence-electron chi connectivity index (χ2n) is 6.67. The number of hydrogen-bond donors (Lipinski definition) is 2. The van der Waals surface area contributed by atoms with Gasteiger partial charge in [0.05, 0.1) is 5.60 Å². The molecule has 4 nitrogen and oxygen atoms in total. The molecule has 1 aliphatic rings. The van der Waals surface area contributed by atoms with Crippen LogP contribution in [0.15, 0.2) is 18.2 Å². The molecule has 0 aromatic heterocycles. The lowest BCUT2D eigenvalue weighted by Gasteiger charge is -2.27. The minimum atomic E-state index is -1.45. The predicted octanol–water partition coefficient (Wildman–Crippen LogP) is 1.40. The van der Waals surface area contributed by atoms with Crippen molar-refractivity contribution in [3.63, 3.8) is 0 Å². The van der Waals surface area contributed by atoms with Crippen molar-refractivity contribution in [2.24, 2.45) is 0 Å². The Kier molecular flexibility index (Phi) is 3.89. The largest absolute Gasteiger partial charge is 0.488 e. The molecule has 110 valence electrons. The van der Waals surface area contributed by atoms with Crippen LogP contribution in [0, 0.1) is 6.92 Å². The summed E-state index contributed by atoms with van der Waals surface area (Å²) in [4.78, 5) is 0. The van der Waals surface area contributed by atoms with E-state index >= 15 is 0 Å². The van der Waals surface area contributed by atoms with E-state index in [1.807, 2.05) is 26.8 Å². The van der Waals surface area contributed by atoms with Crippen LogP contribution in [0.2, 0.25) is 0 Å². The maximum absolute atomic E-state index is 9.23. The zero-order chi connectivity index (χ0) is 15.1. The van der Waals surface area contributed by atoms with Crippen LogP contribution in [0.5, 0.6) is 5.75 Å². The highest BCUT2D eigenvalue weighted by atomic mass is 16.6. The first-order chi connectivity index (χ1) is 9.11. The predicted molar refractivity (Wildman–Crippen MR) is 79.3 cm³/mol. The van der Waals surface area contributed by atoms with Gasteiger partial charge in [0.1, 0.15) is 17.5 Å². The molecule has 20 heavy (non-hydrogen) atoms. The lowest BCUT2D eigenvalue weighted by molar-refractivity contribution is -0.0846. The second-order valence-corrected chi connectivity index (χ2v) is 6.67. The normalized spacial score (nSPS) is 23.6. The summed E-state index contributed by atoms with van der Waals surface area (Å²) in [6, 6.07) is 5.28. The third-order valence-electron chi connectivity index (χ3n) is 3.79. The topological polar surface area (TPSA) is 58.9 Å². The van der Waals surface area contributed by atoms with Crippen LogP contribution in [-0.2, 0) is 4.74 Å². The second kappa shape index (κ2) is 5.06. The standard InChI is InChI=1S/C15H23BO4/c1-10-8-11(6-7-12(10)16(17)18)19-13-9-14(2,3)20-15(13,4)5/h6-8,13,17-18H,9H2,1-5H3. The summed E-state index contributed by atoms with van der Waals surface area (Å²) < 4.78 is 12.1. The molecule has 1 fully saturated rings. The molecular weight excluding hydrogens is 255 g/mol. The Balaban J connectivity index is 2.17. The molecule has 0 spiro atoms. The molecule has 0 radical (unpaired) electrons. The Morgan fingerprint density at radius 2 is 1.90 bits per heavy atom. The van der Waals surface area contributed by atoms with Crippen molar-refractivity contribution in [2.75, 3.05) is 0 Å². The van der Waals surface area contributed by atoms with Crippen molar-refractivity contribution in [1.29, 1.82) is 0 Å².